The van der Waals surface area contributed by atoms with Crippen LogP contribution in [-0.4, -0.2) is 19.0 Å². The summed E-state index contributed by atoms with van der Waals surface area (Å²) in [5.41, 5.74) is 4.88. The van der Waals surface area contributed by atoms with Crippen molar-refractivity contribution in [3.05, 3.63) is 29.3 Å². The van der Waals surface area contributed by atoms with E-state index < -0.39 is 11.7 Å². The van der Waals surface area contributed by atoms with Gasteiger partial charge in [0, 0.05) is 19.5 Å². The predicted octanol–water partition coefficient (Wildman–Crippen LogP) is 3.06. The maximum atomic E-state index is 12.7. The zero-order valence-corrected chi connectivity index (χ0v) is 12.6. The first kappa shape index (κ1) is 17.1. The number of carbonyl (C=O) groups is 1. The van der Waals surface area contributed by atoms with Crippen LogP contribution in [0.1, 0.15) is 36.8 Å². The molecule has 0 aromatic heterocycles. The smallest absolute Gasteiger partial charge is 0.370 e. The molecule has 0 aliphatic carbocycles. The monoisotopic (exact) mass is 325 g/mol. The maximum Gasteiger partial charge on any atom is 0.416 e. The molecule has 0 radical (unpaired) electrons. The zero-order valence-electron chi connectivity index (χ0n) is 12.6. The van der Waals surface area contributed by atoms with Crippen LogP contribution in [0.5, 0.6) is 0 Å². The molecule has 0 saturated carbocycles. The van der Waals surface area contributed by atoms with Gasteiger partial charge in [-0.2, -0.15) is 18.4 Å². The van der Waals surface area contributed by atoms with Crippen LogP contribution >= 0.6 is 0 Å². The molecular formula is C16H18F3N3O. The highest BCUT2D eigenvalue weighted by atomic mass is 19.4. The lowest BCUT2D eigenvalue weighted by atomic mass is 9.92. The van der Waals surface area contributed by atoms with Crippen LogP contribution in [0.25, 0.3) is 0 Å². The quantitative estimate of drug-likeness (QED) is 0.925. The summed E-state index contributed by atoms with van der Waals surface area (Å²) < 4.78 is 38.2. The Kier molecular flexibility index (Phi) is 5.14. The molecule has 1 aromatic rings. The number of amides is 1. The van der Waals surface area contributed by atoms with Gasteiger partial charge in [0.05, 0.1) is 16.8 Å². The van der Waals surface area contributed by atoms with Gasteiger partial charge in [-0.15, -0.1) is 0 Å². The van der Waals surface area contributed by atoms with E-state index in [0.717, 1.165) is 25.0 Å². The van der Waals surface area contributed by atoms with Gasteiger partial charge in [0.2, 0.25) is 5.91 Å². The molecule has 1 aliphatic heterocycles. The molecule has 0 spiro atoms. The molecule has 1 atom stereocenters. The number of nitriles is 1. The second-order valence-electron chi connectivity index (χ2n) is 5.80. The highest BCUT2D eigenvalue weighted by molar-refractivity contribution is 5.73. The van der Waals surface area contributed by atoms with E-state index in [2.05, 4.69) is 0 Å². The average molecular weight is 325 g/mol. The minimum absolute atomic E-state index is 0.0235. The fourth-order valence-electron chi connectivity index (χ4n) is 2.94. The minimum atomic E-state index is -4.46. The molecule has 0 bridgehead atoms. The Morgan fingerprint density at radius 1 is 1.43 bits per heavy atom. The molecule has 2 rings (SSSR count). The lowest BCUT2D eigenvalue weighted by Gasteiger charge is -2.35. The van der Waals surface area contributed by atoms with Crippen LogP contribution in [0.2, 0.25) is 0 Å². The van der Waals surface area contributed by atoms with Crippen LogP contribution in [0.4, 0.5) is 18.9 Å². The van der Waals surface area contributed by atoms with E-state index in [4.69, 9.17) is 5.73 Å². The van der Waals surface area contributed by atoms with Gasteiger partial charge in [-0.3, -0.25) is 4.79 Å². The third-order valence-electron chi connectivity index (χ3n) is 4.10. The Balaban J connectivity index is 2.17. The van der Waals surface area contributed by atoms with Crippen molar-refractivity contribution in [2.75, 3.05) is 18.0 Å². The SMILES string of the molecule is N#Cc1cc(C(F)(F)F)ccc1N1CCCC(CCC(N)=O)C1. The minimum Gasteiger partial charge on any atom is -0.370 e. The van der Waals surface area contributed by atoms with Crippen molar-refractivity contribution in [1.29, 1.82) is 5.26 Å². The molecule has 1 unspecified atom stereocenters. The van der Waals surface area contributed by atoms with Gasteiger partial charge in [0.1, 0.15) is 6.07 Å². The van der Waals surface area contributed by atoms with E-state index in [1.54, 1.807) is 0 Å². The summed E-state index contributed by atoms with van der Waals surface area (Å²) in [6.07, 6.45) is -1.68. The molecule has 23 heavy (non-hydrogen) atoms. The van der Waals surface area contributed by atoms with Gasteiger partial charge >= 0.3 is 6.18 Å². The first-order valence-electron chi connectivity index (χ1n) is 7.46. The lowest BCUT2D eigenvalue weighted by Crippen LogP contribution is -2.36. The van der Waals surface area contributed by atoms with E-state index in [1.165, 1.54) is 6.07 Å². The van der Waals surface area contributed by atoms with Crippen molar-refractivity contribution >= 4 is 11.6 Å². The Morgan fingerprint density at radius 2 is 2.17 bits per heavy atom. The number of nitrogens with zero attached hydrogens (tertiary/aromatic N) is 2. The first-order chi connectivity index (χ1) is 10.8. The second kappa shape index (κ2) is 6.90. The van der Waals surface area contributed by atoms with Crippen LogP contribution < -0.4 is 10.6 Å². The van der Waals surface area contributed by atoms with Gasteiger partial charge in [-0.05, 0) is 43.4 Å². The molecule has 1 saturated heterocycles. The number of hydrogen-bond donors (Lipinski definition) is 1. The molecule has 2 N–H and O–H groups in total. The summed E-state index contributed by atoms with van der Waals surface area (Å²) in [6.45, 7) is 1.31. The van der Waals surface area contributed by atoms with Gasteiger partial charge in [0.15, 0.2) is 0 Å². The summed E-state index contributed by atoms with van der Waals surface area (Å²) in [6, 6.07) is 5.11. The second-order valence-corrected chi connectivity index (χ2v) is 5.80. The maximum absolute atomic E-state index is 12.7. The topological polar surface area (TPSA) is 70.1 Å². The van der Waals surface area contributed by atoms with E-state index >= 15 is 0 Å². The van der Waals surface area contributed by atoms with Crippen molar-refractivity contribution in [2.24, 2.45) is 11.7 Å². The highest BCUT2D eigenvalue weighted by Gasteiger charge is 2.32. The molecule has 1 amide bonds. The van der Waals surface area contributed by atoms with Gasteiger partial charge in [-0.25, -0.2) is 0 Å². The summed E-state index contributed by atoms with van der Waals surface area (Å²) in [7, 11) is 0. The first-order valence-corrected chi connectivity index (χ1v) is 7.46. The zero-order chi connectivity index (χ0) is 17.0. The Hall–Kier alpha value is -2.23. The molecule has 7 heteroatoms. The number of rotatable bonds is 4. The number of alkyl halides is 3. The van der Waals surface area contributed by atoms with E-state index in [-0.39, 0.29) is 17.4 Å². The molecule has 1 heterocycles. The predicted molar refractivity (Wildman–Crippen MR) is 79.5 cm³/mol. The van der Waals surface area contributed by atoms with Crippen molar-refractivity contribution in [2.45, 2.75) is 31.9 Å². The number of primary amides is 1. The number of piperidine rings is 1. The fourth-order valence-corrected chi connectivity index (χ4v) is 2.94. The number of benzene rings is 1. The third-order valence-corrected chi connectivity index (χ3v) is 4.10. The van der Waals surface area contributed by atoms with Crippen LogP contribution in [0, 0.1) is 17.2 Å². The summed E-state index contributed by atoms with van der Waals surface area (Å²) in [4.78, 5) is 12.8. The van der Waals surface area contributed by atoms with Gasteiger partial charge < -0.3 is 10.6 Å². The summed E-state index contributed by atoms with van der Waals surface area (Å²) in [5.74, 6) is -0.0977. The molecular weight excluding hydrogens is 307 g/mol. The largest absolute Gasteiger partial charge is 0.416 e. The number of nitrogens with two attached hydrogens (primary N) is 1. The third kappa shape index (κ3) is 4.38. The highest BCUT2D eigenvalue weighted by Crippen LogP contribution is 2.34. The van der Waals surface area contributed by atoms with Crippen LogP contribution in [-0.2, 0) is 11.0 Å². The summed E-state index contributed by atoms with van der Waals surface area (Å²) >= 11 is 0. The van der Waals surface area contributed by atoms with Crippen molar-refractivity contribution in [3.8, 4) is 6.07 Å². The number of hydrogen-bond acceptors (Lipinski definition) is 3. The standard InChI is InChI=1S/C16H18F3N3O/c17-16(18,19)13-4-5-14(12(8-13)9-20)22-7-1-2-11(10-22)3-6-15(21)23/h4-5,8,11H,1-3,6-7,10H2,(H2,21,23). The Labute approximate surface area is 132 Å². The van der Waals surface area contributed by atoms with E-state index in [1.807, 2.05) is 11.0 Å². The van der Waals surface area contributed by atoms with Crippen molar-refractivity contribution in [1.82, 2.24) is 0 Å². The van der Waals surface area contributed by atoms with E-state index in [0.29, 0.717) is 31.6 Å². The van der Waals surface area contributed by atoms with E-state index in [9.17, 15) is 23.2 Å². The lowest BCUT2D eigenvalue weighted by molar-refractivity contribution is -0.137. The Morgan fingerprint density at radius 3 is 2.78 bits per heavy atom. The van der Waals surface area contributed by atoms with Gasteiger partial charge in [0.25, 0.3) is 0 Å². The number of carbonyl (C=O) groups excluding carboxylic acids is 1. The molecule has 1 aliphatic rings. The van der Waals surface area contributed by atoms with Crippen molar-refractivity contribution in [3.63, 3.8) is 0 Å². The number of anilines is 1. The van der Waals surface area contributed by atoms with Crippen molar-refractivity contribution < 1.29 is 18.0 Å². The molecule has 1 aromatic carbocycles. The molecule has 4 nitrogen and oxygen atoms in total. The average Bonchev–Trinajstić information content (AvgIpc) is 2.51. The van der Waals surface area contributed by atoms with Crippen LogP contribution in [0.3, 0.4) is 0 Å². The summed E-state index contributed by atoms with van der Waals surface area (Å²) in [5, 5.41) is 9.18. The normalized spacial score (nSPS) is 18.5. The van der Waals surface area contributed by atoms with Gasteiger partial charge in [-0.1, -0.05) is 0 Å². The fraction of sp³-hybridized carbons (Fsp3) is 0.500. The molecule has 1 fully saturated rings. The number of halogens is 3. The van der Waals surface area contributed by atoms with Crippen LogP contribution in [0.15, 0.2) is 18.2 Å². The molecule has 124 valence electrons. The Bertz CT molecular complexity index is 622.